The van der Waals surface area contributed by atoms with E-state index in [4.69, 9.17) is 28.6 Å². The molecular weight excluding hydrogens is 423 g/mol. The van der Waals surface area contributed by atoms with E-state index in [2.05, 4.69) is 15.5 Å². The van der Waals surface area contributed by atoms with Crippen molar-refractivity contribution in [3.63, 3.8) is 0 Å². The van der Waals surface area contributed by atoms with E-state index in [1.165, 1.54) is 12.1 Å². The van der Waals surface area contributed by atoms with E-state index in [0.717, 1.165) is 43.6 Å². The molecule has 1 heterocycles. The SMILES string of the molecule is CC(NC(=S)Nc1ccc(Cl)c(C(F)(F)F)c1)c1ccc(N2CCOCC2)cc1. The first-order valence-electron chi connectivity index (χ1n) is 9.11. The van der Waals surface area contributed by atoms with E-state index < -0.39 is 11.7 Å². The first-order valence-corrected chi connectivity index (χ1v) is 9.89. The Morgan fingerprint density at radius 1 is 1.14 bits per heavy atom. The topological polar surface area (TPSA) is 36.5 Å². The second kappa shape index (κ2) is 9.19. The summed E-state index contributed by atoms with van der Waals surface area (Å²) in [5.74, 6) is 0. The van der Waals surface area contributed by atoms with E-state index in [1.807, 2.05) is 31.2 Å². The van der Waals surface area contributed by atoms with Crippen LogP contribution in [0.5, 0.6) is 0 Å². The number of benzene rings is 2. The zero-order valence-electron chi connectivity index (χ0n) is 15.7. The van der Waals surface area contributed by atoms with E-state index in [-0.39, 0.29) is 21.9 Å². The fourth-order valence-corrected chi connectivity index (χ4v) is 3.58. The maximum Gasteiger partial charge on any atom is 0.417 e. The molecule has 2 aromatic rings. The fraction of sp³-hybridized carbons (Fsp3) is 0.350. The van der Waals surface area contributed by atoms with Gasteiger partial charge < -0.3 is 20.3 Å². The van der Waals surface area contributed by atoms with Crippen molar-refractivity contribution >= 4 is 40.3 Å². The molecule has 0 saturated carbocycles. The van der Waals surface area contributed by atoms with Gasteiger partial charge in [0, 0.05) is 24.5 Å². The molecule has 0 bridgehead atoms. The third-order valence-electron chi connectivity index (χ3n) is 4.65. The van der Waals surface area contributed by atoms with Crippen LogP contribution in [0.1, 0.15) is 24.1 Å². The lowest BCUT2D eigenvalue weighted by Crippen LogP contribution is -2.36. The van der Waals surface area contributed by atoms with Crippen LogP contribution in [0.3, 0.4) is 0 Å². The largest absolute Gasteiger partial charge is 0.417 e. The minimum absolute atomic E-state index is 0.122. The lowest BCUT2D eigenvalue weighted by molar-refractivity contribution is -0.137. The van der Waals surface area contributed by atoms with E-state index in [0.29, 0.717) is 0 Å². The van der Waals surface area contributed by atoms with Crippen molar-refractivity contribution in [1.29, 1.82) is 0 Å². The maximum absolute atomic E-state index is 13.0. The summed E-state index contributed by atoms with van der Waals surface area (Å²) in [6, 6.07) is 11.6. The molecule has 1 unspecified atom stereocenters. The molecule has 0 amide bonds. The van der Waals surface area contributed by atoms with Crippen molar-refractivity contribution in [2.75, 3.05) is 36.5 Å². The number of anilines is 2. The van der Waals surface area contributed by atoms with Gasteiger partial charge in [0.25, 0.3) is 0 Å². The molecule has 0 aromatic heterocycles. The first-order chi connectivity index (χ1) is 13.7. The number of nitrogens with zero attached hydrogens (tertiary/aromatic N) is 1. The van der Waals surface area contributed by atoms with Crippen molar-refractivity contribution in [2.24, 2.45) is 0 Å². The summed E-state index contributed by atoms with van der Waals surface area (Å²) in [6.07, 6.45) is -4.53. The molecule has 1 aliphatic heterocycles. The molecule has 2 aromatic carbocycles. The van der Waals surface area contributed by atoms with Crippen LogP contribution >= 0.6 is 23.8 Å². The van der Waals surface area contributed by atoms with Gasteiger partial charge in [-0.1, -0.05) is 23.7 Å². The van der Waals surface area contributed by atoms with Gasteiger partial charge in [-0.15, -0.1) is 0 Å². The fourth-order valence-electron chi connectivity index (χ4n) is 3.06. The molecule has 9 heteroatoms. The van der Waals surface area contributed by atoms with Crippen molar-refractivity contribution in [3.8, 4) is 0 Å². The first kappa shape index (κ1) is 21.7. The Morgan fingerprint density at radius 3 is 2.41 bits per heavy atom. The number of thiocarbonyl (C=S) groups is 1. The molecule has 1 atom stereocenters. The second-order valence-electron chi connectivity index (χ2n) is 6.70. The van der Waals surface area contributed by atoms with Crippen LogP contribution < -0.4 is 15.5 Å². The molecule has 2 N–H and O–H groups in total. The quantitative estimate of drug-likeness (QED) is 0.632. The van der Waals surface area contributed by atoms with Crippen LogP contribution in [0.4, 0.5) is 24.5 Å². The number of rotatable bonds is 4. The average Bonchev–Trinajstić information content (AvgIpc) is 2.69. The molecule has 3 rings (SSSR count). The summed E-state index contributed by atoms with van der Waals surface area (Å²) < 4.78 is 44.3. The van der Waals surface area contributed by atoms with Gasteiger partial charge in [-0.3, -0.25) is 0 Å². The van der Waals surface area contributed by atoms with Crippen molar-refractivity contribution < 1.29 is 17.9 Å². The van der Waals surface area contributed by atoms with Gasteiger partial charge in [-0.2, -0.15) is 13.2 Å². The van der Waals surface area contributed by atoms with Crippen LogP contribution in [0, 0.1) is 0 Å². The van der Waals surface area contributed by atoms with Gasteiger partial charge in [0.15, 0.2) is 5.11 Å². The molecule has 29 heavy (non-hydrogen) atoms. The minimum atomic E-state index is -4.53. The standard InChI is InChI=1S/C20H21ClF3N3OS/c1-13(14-2-5-16(6-3-14)27-8-10-28-11-9-27)25-19(29)26-15-4-7-18(21)17(12-15)20(22,23)24/h2-7,12-13H,8-11H2,1H3,(H2,25,26,29). The van der Waals surface area contributed by atoms with E-state index >= 15 is 0 Å². The van der Waals surface area contributed by atoms with Crippen molar-refractivity contribution in [3.05, 3.63) is 58.6 Å². The molecule has 0 radical (unpaired) electrons. The summed E-state index contributed by atoms with van der Waals surface area (Å²) in [4.78, 5) is 2.26. The number of hydrogen-bond donors (Lipinski definition) is 2. The summed E-state index contributed by atoms with van der Waals surface area (Å²) in [5.41, 5.74) is 1.46. The third-order valence-corrected chi connectivity index (χ3v) is 5.20. The van der Waals surface area contributed by atoms with Crippen LogP contribution in [0.2, 0.25) is 5.02 Å². The third kappa shape index (κ3) is 5.74. The summed E-state index contributed by atoms with van der Waals surface area (Å²) in [5, 5.41) is 5.75. The molecular formula is C20H21ClF3N3OS. The van der Waals surface area contributed by atoms with E-state index in [9.17, 15) is 13.2 Å². The highest BCUT2D eigenvalue weighted by Crippen LogP contribution is 2.36. The lowest BCUT2D eigenvalue weighted by atomic mass is 10.1. The Bertz CT molecular complexity index is 855. The van der Waals surface area contributed by atoms with Crippen LogP contribution in [0.15, 0.2) is 42.5 Å². The highest BCUT2D eigenvalue weighted by atomic mass is 35.5. The predicted octanol–water partition coefficient (Wildman–Crippen LogP) is 5.24. The average molecular weight is 444 g/mol. The summed E-state index contributed by atoms with van der Waals surface area (Å²) >= 11 is 10.9. The van der Waals surface area contributed by atoms with E-state index in [1.54, 1.807) is 0 Å². The molecule has 0 spiro atoms. The van der Waals surface area contributed by atoms with Gasteiger partial charge in [0.1, 0.15) is 0 Å². The van der Waals surface area contributed by atoms with Crippen LogP contribution in [-0.2, 0) is 10.9 Å². The number of alkyl halides is 3. The number of halogens is 4. The normalized spacial score (nSPS) is 15.7. The zero-order chi connectivity index (χ0) is 21.0. The Morgan fingerprint density at radius 2 is 1.79 bits per heavy atom. The van der Waals surface area contributed by atoms with Gasteiger partial charge in [0.2, 0.25) is 0 Å². The van der Waals surface area contributed by atoms with Gasteiger partial charge >= 0.3 is 6.18 Å². The zero-order valence-corrected chi connectivity index (χ0v) is 17.3. The molecule has 1 fully saturated rings. The van der Waals surface area contributed by atoms with Crippen molar-refractivity contribution in [1.82, 2.24) is 5.32 Å². The Labute approximate surface area is 178 Å². The monoisotopic (exact) mass is 443 g/mol. The highest BCUT2D eigenvalue weighted by molar-refractivity contribution is 7.80. The molecule has 4 nitrogen and oxygen atoms in total. The summed E-state index contributed by atoms with van der Waals surface area (Å²) in [6.45, 7) is 5.10. The van der Waals surface area contributed by atoms with Crippen LogP contribution in [0.25, 0.3) is 0 Å². The second-order valence-corrected chi connectivity index (χ2v) is 7.52. The Kier molecular flexibility index (Phi) is 6.87. The van der Waals surface area contributed by atoms with Gasteiger partial charge in [-0.25, -0.2) is 0 Å². The molecule has 156 valence electrons. The summed E-state index contributed by atoms with van der Waals surface area (Å²) in [7, 11) is 0. The van der Waals surface area contributed by atoms with Crippen molar-refractivity contribution in [2.45, 2.75) is 19.1 Å². The molecule has 1 saturated heterocycles. The highest BCUT2D eigenvalue weighted by Gasteiger charge is 2.33. The maximum atomic E-state index is 13.0. The lowest BCUT2D eigenvalue weighted by Gasteiger charge is -2.29. The van der Waals surface area contributed by atoms with Gasteiger partial charge in [-0.05, 0) is 55.0 Å². The molecule has 1 aliphatic rings. The number of nitrogens with one attached hydrogen (secondary N) is 2. The smallest absolute Gasteiger partial charge is 0.378 e. The van der Waals surface area contributed by atoms with Crippen LogP contribution in [-0.4, -0.2) is 31.4 Å². The Hall–Kier alpha value is -2.03. The number of morpholine rings is 1. The van der Waals surface area contributed by atoms with Gasteiger partial charge in [0.05, 0.1) is 29.8 Å². The minimum Gasteiger partial charge on any atom is -0.378 e. The number of hydrogen-bond acceptors (Lipinski definition) is 3. The number of ether oxygens (including phenoxy) is 1. The Balaban J connectivity index is 1.60. The molecule has 0 aliphatic carbocycles. The predicted molar refractivity (Wildman–Crippen MR) is 114 cm³/mol.